The summed E-state index contributed by atoms with van der Waals surface area (Å²) in [6, 6.07) is 7.03. The van der Waals surface area contributed by atoms with E-state index >= 15 is 0 Å². The molecule has 0 fully saturated rings. The molecule has 0 atom stereocenters. The number of imidazole rings is 1. The summed E-state index contributed by atoms with van der Waals surface area (Å²) in [6.07, 6.45) is 6.17. The first-order valence-corrected chi connectivity index (χ1v) is 7.71. The van der Waals surface area contributed by atoms with Crippen molar-refractivity contribution in [2.45, 2.75) is 26.8 Å². The molecule has 122 valence electrons. The van der Waals surface area contributed by atoms with Crippen LogP contribution in [0.3, 0.4) is 0 Å². The van der Waals surface area contributed by atoms with E-state index in [0.29, 0.717) is 17.8 Å². The van der Waals surface area contributed by atoms with Crippen molar-refractivity contribution in [1.29, 1.82) is 0 Å². The number of rotatable bonds is 7. The lowest BCUT2D eigenvalue weighted by Gasteiger charge is -2.12. The van der Waals surface area contributed by atoms with Crippen LogP contribution in [0.1, 0.15) is 30.6 Å². The van der Waals surface area contributed by atoms with E-state index in [0.717, 1.165) is 13.0 Å². The summed E-state index contributed by atoms with van der Waals surface area (Å²) in [4.78, 5) is 28.1. The van der Waals surface area contributed by atoms with E-state index in [9.17, 15) is 9.59 Å². The van der Waals surface area contributed by atoms with Crippen LogP contribution in [-0.2, 0) is 11.3 Å². The Labute approximate surface area is 135 Å². The van der Waals surface area contributed by atoms with Gasteiger partial charge in [0.05, 0.1) is 17.6 Å². The highest BCUT2D eigenvalue weighted by atomic mass is 16.2. The monoisotopic (exact) mass is 314 g/mol. The molecule has 0 saturated heterocycles. The molecule has 2 amide bonds. The molecule has 23 heavy (non-hydrogen) atoms. The molecule has 0 unspecified atom stereocenters. The summed E-state index contributed by atoms with van der Waals surface area (Å²) in [7, 11) is 0. The van der Waals surface area contributed by atoms with E-state index in [2.05, 4.69) is 15.6 Å². The summed E-state index contributed by atoms with van der Waals surface area (Å²) in [5, 5.41) is 5.67. The van der Waals surface area contributed by atoms with Crippen LogP contribution in [0, 0.1) is 5.92 Å². The predicted molar refractivity (Wildman–Crippen MR) is 89.1 cm³/mol. The topological polar surface area (TPSA) is 76.0 Å². The van der Waals surface area contributed by atoms with Gasteiger partial charge < -0.3 is 15.2 Å². The molecule has 6 heteroatoms. The first-order valence-electron chi connectivity index (χ1n) is 7.71. The fourth-order valence-corrected chi connectivity index (χ4v) is 2.04. The quantitative estimate of drug-likeness (QED) is 0.770. The Kier molecular flexibility index (Phi) is 5.91. The third-order valence-corrected chi connectivity index (χ3v) is 3.39. The Balaban J connectivity index is 1.89. The second-order valence-electron chi connectivity index (χ2n) is 5.60. The largest absolute Gasteiger partial charge is 0.352 e. The van der Waals surface area contributed by atoms with Gasteiger partial charge in [-0.1, -0.05) is 26.0 Å². The van der Waals surface area contributed by atoms with Gasteiger partial charge in [-0.2, -0.15) is 0 Å². The number of carbonyl (C=O) groups is 2. The minimum Gasteiger partial charge on any atom is -0.352 e. The smallest absolute Gasteiger partial charge is 0.253 e. The molecular weight excluding hydrogens is 292 g/mol. The SMILES string of the molecule is CC(C)C(=O)Nc1ccccc1C(=O)NCCCn1ccnc1. The first-order chi connectivity index (χ1) is 11.1. The van der Waals surface area contributed by atoms with Crippen LogP contribution < -0.4 is 10.6 Å². The van der Waals surface area contributed by atoms with E-state index < -0.39 is 0 Å². The highest BCUT2D eigenvalue weighted by Crippen LogP contribution is 2.16. The summed E-state index contributed by atoms with van der Waals surface area (Å²) in [5.41, 5.74) is 1.02. The summed E-state index contributed by atoms with van der Waals surface area (Å²) >= 11 is 0. The van der Waals surface area contributed by atoms with Crippen molar-refractivity contribution in [3.63, 3.8) is 0 Å². The van der Waals surface area contributed by atoms with E-state index in [1.807, 2.05) is 24.6 Å². The zero-order valence-electron chi connectivity index (χ0n) is 13.5. The summed E-state index contributed by atoms with van der Waals surface area (Å²) in [5.74, 6) is -0.429. The molecule has 2 rings (SSSR count). The van der Waals surface area contributed by atoms with Crippen LogP contribution in [0.15, 0.2) is 43.0 Å². The van der Waals surface area contributed by atoms with Crippen molar-refractivity contribution in [1.82, 2.24) is 14.9 Å². The van der Waals surface area contributed by atoms with E-state index in [4.69, 9.17) is 0 Å². The highest BCUT2D eigenvalue weighted by Gasteiger charge is 2.14. The average molecular weight is 314 g/mol. The number of carbonyl (C=O) groups excluding carboxylic acids is 2. The van der Waals surface area contributed by atoms with Gasteiger partial charge in [-0.25, -0.2) is 4.98 Å². The van der Waals surface area contributed by atoms with Crippen molar-refractivity contribution in [3.8, 4) is 0 Å². The third-order valence-electron chi connectivity index (χ3n) is 3.39. The number of aromatic nitrogens is 2. The maximum Gasteiger partial charge on any atom is 0.253 e. The number of aryl methyl sites for hydroxylation is 1. The Morgan fingerprint density at radius 1 is 1.26 bits per heavy atom. The number of amides is 2. The van der Waals surface area contributed by atoms with Gasteiger partial charge in [0.2, 0.25) is 5.91 Å². The molecule has 6 nitrogen and oxygen atoms in total. The molecule has 2 aromatic rings. The van der Waals surface area contributed by atoms with E-state index in [-0.39, 0.29) is 17.7 Å². The Morgan fingerprint density at radius 3 is 2.74 bits per heavy atom. The van der Waals surface area contributed by atoms with Gasteiger partial charge in [-0.05, 0) is 18.6 Å². The average Bonchev–Trinajstić information content (AvgIpc) is 3.05. The minimum absolute atomic E-state index is 0.106. The number of benzene rings is 1. The van der Waals surface area contributed by atoms with Gasteiger partial charge in [0.1, 0.15) is 0 Å². The number of hydrogen-bond acceptors (Lipinski definition) is 3. The number of anilines is 1. The number of nitrogens with one attached hydrogen (secondary N) is 2. The fraction of sp³-hybridized carbons (Fsp3) is 0.353. The number of para-hydroxylation sites is 1. The van der Waals surface area contributed by atoms with Gasteiger partial charge in [-0.15, -0.1) is 0 Å². The van der Waals surface area contributed by atoms with Crippen molar-refractivity contribution < 1.29 is 9.59 Å². The Bertz CT molecular complexity index is 650. The standard InChI is InChI=1S/C17H22N4O2/c1-13(2)16(22)20-15-7-4-3-6-14(15)17(23)19-8-5-10-21-11-9-18-12-21/h3-4,6-7,9,11-13H,5,8,10H2,1-2H3,(H,19,23)(H,20,22). The lowest BCUT2D eigenvalue weighted by molar-refractivity contribution is -0.118. The van der Waals surface area contributed by atoms with E-state index in [1.165, 1.54) is 0 Å². The maximum absolute atomic E-state index is 12.3. The zero-order chi connectivity index (χ0) is 16.7. The molecular formula is C17H22N4O2. The molecule has 0 saturated carbocycles. The third kappa shape index (κ3) is 4.95. The molecule has 0 aliphatic heterocycles. The Hall–Kier alpha value is -2.63. The molecule has 1 aromatic carbocycles. The second kappa shape index (κ2) is 8.12. The van der Waals surface area contributed by atoms with Crippen LogP contribution >= 0.6 is 0 Å². The van der Waals surface area contributed by atoms with E-state index in [1.54, 1.807) is 36.8 Å². The van der Waals surface area contributed by atoms with Crippen molar-refractivity contribution in [2.24, 2.45) is 5.92 Å². The summed E-state index contributed by atoms with van der Waals surface area (Å²) in [6.45, 7) is 4.98. The second-order valence-corrected chi connectivity index (χ2v) is 5.60. The van der Waals surface area contributed by atoms with Gasteiger partial charge >= 0.3 is 0 Å². The molecule has 1 aromatic heterocycles. The van der Waals surface area contributed by atoms with Crippen LogP contribution in [-0.4, -0.2) is 27.9 Å². The minimum atomic E-state index is -0.185. The van der Waals surface area contributed by atoms with Crippen LogP contribution in [0.4, 0.5) is 5.69 Å². The van der Waals surface area contributed by atoms with Crippen molar-refractivity contribution in [3.05, 3.63) is 48.5 Å². The zero-order valence-corrected chi connectivity index (χ0v) is 13.5. The normalized spacial score (nSPS) is 10.6. The first kappa shape index (κ1) is 16.7. The predicted octanol–water partition coefficient (Wildman–Crippen LogP) is 2.30. The number of hydrogen-bond donors (Lipinski definition) is 2. The Morgan fingerprint density at radius 2 is 2.04 bits per heavy atom. The van der Waals surface area contributed by atoms with Crippen molar-refractivity contribution >= 4 is 17.5 Å². The lowest BCUT2D eigenvalue weighted by Crippen LogP contribution is -2.27. The van der Waals surface area contributed by atoms with Crippen LogP contribution in [0.2, 0.25) is 0 Å². The van der Waals surface area contributed by atoms with Crippen LogP contribution in [0.25, 0.3) is 0 Å². The summed E-state index contributed by atoms with van der Waals surface area (Å²) < 4.78 is 1.96. The highest BCUT2D eigenvalue weighted by molar-refractivity contribution is 6.04. The molecule has 0 aliphatic carbocycles. The molecule has 0 spiro atoms. The van der Waals surface area contributed by atoms with Crippen molar-refractivity contribution in [2.75, 3.05) is 11.9 Å². The molecule has 1 heterocycles. The molecule has 0 radical (unpaired) electrons. The van der Waals surface area contributed by atoms with Gasteiger partial charge in [-0.3, -0.25) is 9.59 Å². The number of nitrogens with zero attached hydrogens (tertiary/aromatic N) is 2. The maximum atomic E-state index is 12.3. The molecule has 0 aliphatic rings. The van der Waals surface area contributed by atoms with Gasteiger partial charge in [0.15, 0.2) is 0 Å². The molecule has 0 bridgehead atoms. The lowest BCUT2D eigenvalue weighted by atomic mass is 10.1. The van der Waals surface area contributed by atoms with Gasteiger partial charge in [0, 0.05) is 31.4 Å². The fourth-order valence-electron chi connectivity index (χ4n) is 2.04. The van der Waals surface area contributed by atoms with Crippen LogP contribution in [0.5, 0.6) is 0 Å². The molecule has 2 N–H and O–H groups in total. The van der Waals surface area contributed by atoms with Gasteiger partial charge in [0.25, 0.3) is 5.91 Å².